The van der Waals surface area contributed by atoms with Crippen LogP contribution in [-0.2, 0) is 0 Å². The van der Waals surface area contributed by atoms with Gasteiger partial charge in [-0.1, -0.05) is 118 Å². The minimum Gasteiger partial charge on any atom is -0.371 e. The summed E-state index contributed by atoms with van der Waals surface area (Å²) in [5.41, 5.74) is 0. The molecule has 0 atom stereocenters. The highest BCUT2D eigenvalue weighted by Gasteiger charge is 1.95. The third-order valence-electron chi connectivity index (χ3n) is 4.34. The summed E-state index contributed by atoms with van der Waals surface area (Å²) >= 11 is 12.4. The Morgan fingerprint density at radius 2 is 0.913 bits per heavy atom. The topological polar surface area (TPSA) is 12.0 Å². The van der Waals surface area contributed by atoms with E-state index in [1.165, 1.54) is 108 Å². The zero-order valence-electron chi connectivity index (χ0n) is 15.0. The molecule has 0 radical (unpaired) electrons. The van der Waals surface area contributed by atoms with Crippen LogP contribution >= 0.6 is 40.8 Å². The molecule has 0 heterocycles. The molecule has 0 unspecified atom stereocenters. The lowest BCUT2D eigenvalue weighted by atomic mass is 10.0. The number of nitrogens with one attached hydrogen (secondary N) is 1. The Labute approximate surface area is 164 Å². The molecule has 0 aliphatic rings. The van der Waals surface area contributed by atoms with Gasteiger partial charge in [0.1, 0.15) is 4.32 Å². The molecular formula is C19H38BrNS2. The molecule has 0 spiro atoms. The maximum Gasteiger partial charge on any atom is 0.130 e. The quantitative estimate of drug-likeness (QED) is 0.103. The van der Waals surface area contributed by atoms with E-state index in [0.29, 0.717) is 4.32 Å². The van der Waals surface area contributed by atoms with Crippen molar-refractivity contribution in [3.8, 4) is 0 Å². The predicted molar refractivity (Wildman–Crippen MR) is 117 cm³/mol. The summed E-state index contributed by atoms with van der Waals surface area (Å²) in [7, 11) is 0. The normalized spacial score (nSPS) is 10.9. The molecule has 0 saturated carbocycles. The van der Waals surface area contributed by atoms with Gasteiger partial charge in [0, 0.05) is 11.9 Å². The Morgan fingerprint density at radius 1 is 0.609 bits per heavy atom. The number of hydrogen-bond donors (Lipinski definition) is 2. The second kappa shape index (κ2) is 20.8. The number of halogens is 1. The SMILES string of the molecule is S=C(S)NCCCCCCCCCCCCCCCCCCBr. The van der Waals surface area contributed by atoms with Crippen LogP contribution in [0, 0.1) is 0 Å². The zero-order chi connectivity index (χ0) is 17.0. The molecule has 23 heavy (non-hydrogen) atoms. The van der Waals surface area contributed by atoms with Crippen LogP contribution in [0.15, 0.2) is 0 Å². The summed E-state index contributed by atoms with van der Waals surface area (Å²) in [6.45, 7) is 0.985. The molecule has 0 aliphatic heterocycles. The van der Waals surface area contributed by atoms with Crippen molar-refractivity contribution in [2.24, 2.45) is 0 Å². The molecule has 1 nitrogen and oxygen atoms in total. The Morgan fingerprint density at radius 3 is 1.22 bits per heavy atom. The van der Waals surface area contributed by atoms with Crippen LogP contribution in [0.4, 0.5) is 0 Å². The van der Waals surface area contributed by atoms with Crippen molar-refractivity contribution in [1.29, 1.82) is 0 Å². The number of thiocarbonyl (C=S) groups is 1. The smallest absolute Gasteiger partial charge is 0.130 e. The highest BCUT2D eigenvalue weighted by atomic mass is 79.9. The van der Waals surface area contributed by atoms with Gasteiger partial charge < -0.3 is 5.32 Å². The lowest BCUT2D eigenvalue weighted by Gasteiger charge is -2.04. The van der Waals surface area contributed by atoms with Crippen molar-refractivity contribution in [3.63, 3.8) is 0 Å². The first-order valence-corrected chi connectivity index (χ1v) is 11.8. The Balaban J connectivity index is 2.96. The van der Waals surface area contributed by atoms with E-state index in [1.54, 1.807) is 0 Å². The lowest BCUT2D eigenvalue weighted by Crippen LogP contribution is -2.17. The largest absolute Gasteiger partial charge is 0.371 e. The van der Waals surface area contributed by atoms with E-state index in [0.717, 1.165) is 6.54 Å². The van der Waals surface area contributed by atoms with Crippen LogP contribution in [0.5, 0.6) is 0 Å². The molecule has 138 valence electrons. The Kier molecular flexibility index (Phi) is 21.4. The van der Waals surface area contributed by atoms with Crippen molar-refractivity contribution in [1.82, 2.24) is 5.32 Å². The predicted octanol–water partition coefficient (Wildman–Crippen LogP) is 7.43. The number of alkyl halides is 1. The van der Waals surface area contributed by atoms with Gasteiger partial charge in [0.15, 0.2) is 0 Å². The fourth-order valence-corrected chi connectivity index (χ4v) is 3.50. The number of unbranched alkanes of at least 4 members (excludes halogenated alkanes) is 15. The van der Waals surface area contributed by atoms with E-state index in [4.69, 9.17) is 12.2 Å². The van der Waals surface area contributed by atoms with Crippen LogP contribution in [0.2, 0.25) is 0 Å². The van der Waals surface area contributed by atoms with Gasteiger partial charge in [-0.05, 0) is 12.8 Å². The second-order valence-corrected chi connectivity index (χ2v) is 8.53. The third-order valence-corrected chi connectivity index (χ3v) is 5.20. The van der Waals surface area contributed by atoms with Gasteiger partial charge in [0.2, 0.25) is 0 Å². The second-order valence-electron chi connectivity index (χ2n) is 6.58. The maximum absolute atomic E-state index is 4.86. The lowest BCUT2D eigenvalue weighted by molar-refractivity contribution is 0.529. The minimum absolute atomic E-state index is 0.625. The van der Waals surface area contributed by atoms with Crippen LogP contribution in [0.1, 0.15) is 103 Å². The molecule has 0 aromatic carbocycles. The zero-order valence-corrected chi connectivity index (χ0v) is 18.3. The Bertz CT molecular complexity index is 250. The van der Waals surface area contributed by atoms with E-state index in [9.17, 15) is 0 Å². The summed E-state index contributed by atoms with van der Waals surface area (Å²) < 4.78 is 0.625. The monoisotopic (exact) mass is 423 g/mol. The van der Waals surface area contributed by atoms with E-state index in [1.807, 2.05) is 0 Å². The maximum atomic E-state index is 4.86. The molecule has 0 bridgehead atoms. The van der Waals surface area contributed by atoms with Crippen LogP contribution in [0.3, 0.4) is 0 Å². The van der Waals surface area contributed by atoms with E-state index in [-0.39, 0.29) is 0 Å². The minimum atomic E-state index is 0.625. The number of thiol groups is 1. The van der Waals surface area contributed by atoms with Crippen LogP contribution in [0.25, 0.3) is 0 Å². The first kappa shape index (κ1) is 23.7. The molecule has 1 N–H and O–H groups in total. The summed E-state index contributed by atoms with van der Waals surface area (Å²) in [4.78, 5) is 0. The highest BCUT2D eigenvalue weighted by Crippen LogP contribution is 2.13. The first-order valence-electron chi connectivity index (χ1n) is 9.80. The summed E-state index contributed by atoms with van der Waals surface area (Å²) in [5.74, 6) is 0. The van der Waals surface area contributed by atoms with E-state index >= 15 is 0 Å². The summed E-state index contributed by atoms with van der Waals surface area (Å²) in [6, 6.07) is 0. The number of rotatable bonds is 18. The molecule has 0 amide bonds. The molecule has 0 fully saturated rings. The summed E-state index contributed by atoms with van der Waals surface area (Å²) in [6.07, 6.45) is 22.5. The fourth-order valence-electron chi connectivity index (χ4n) is 2.89. The van der Waals surface area contributed by atoms with Gasteiger partial charge in [0.25, 0.3) is 0 Å². The van der Waals surface area contributed by atoms with Gasteiger partial charge in [0.05, 0.1) is 0 Å². The van der Waals surface area contributed by atoms with E-state index in [2.05, 4.69) is 33.9 Å². The molecule has 0 saturated heterocycles. The molecule has 0 aromatic rings. The molecule has 0 rings (SSSR count). The Hall–Kier alpha value is 0.720. The average Bonchev–Trinajstić information content (AvgIpc) is 2.53. The first-order chi connectivity index (χ1) is 11.3. The molecule has 0 aliphatic carbocycles. The van der Waals surface area contributed by atoms with Crippen LogP contribution in [-0.4, -0.2) is 16.2 Å². The van der Waals surface area contributed by atoms with Gasteiger partial charge in [-0.15, -0.1) is 12.6 Å². The highest BCUT2D eigenvalue weighted by molar-refractivity contribution is 9.09. The van der Waals surface area contributed by atoms with Crippen LogP contribution < -0.4 is 5.32 Å². The van der Waals surface area contributed by atoms with Gasteiger partial charge in [-0.2, -0.15) is 0 Å². The number of hydrogen-bond acceptors (Lipinski definition) is 1. The fraction of sp³-hybridized carbons (Fsp3) is 0.947. The van der Waals surface area contributed by atoms with Gasteiger partial charge in [-0.25, -0.2) is 0 Å². The molecular weight excluding hydrogens is 386 g/mol. The average molecular weight is 425 g/mol. The van der Waals surface area contributed by atoms with Crippen molar-refractivity contribution in [2.45, 2.75) is 103 Å². The van der Waals surface area contributed by atoms with Crippen molar-refractivity contribution in [2.75, 3.05) is 11.9 Å². The summed E-state index contributed by atoms with van der Waals surface area (Å²) in [5, 5.41) is 4.27. The standard InChI is InChI=1S/C19H38BrNS2/c20-17-15-13-11-9-7-5-3-1-2-4-6-8-10-12-14-16-18-21-19(22)23/h1-18H2,(H2,21,22,23). The van der Waals surface area contributed by atoms with Gasteiger partial charge in [-0.3, -0.25) is 0 Å². The van der Waals surface area contributed by atoms with Crippen molar-refractivity contribution >= 4 is 45.1 Å². The van der Waals surface area contributed by atoms with E-state index < -0.39 is 0 Å². The third kappa shape index (κ3) is 22.7. The van der Waals surface area contributed by atoms with Crippen molar-refractivity contribution in [3.05, 3.63) is 0 Å². The molecule has 0 aromatic heterocycles. The van der Waals surface area contributed by atoms with Crippen molar-refractivity contribution < 1.29 is 0 Å². The molecule has 4 heteroatoms. The van der Waals surface area contributed by atoms with Gasteiger partial charge >= 0.3 is 0 Å².